The maximum atomic E-state index is 14.1. The molecule has 2 aliphatic heterocycles. The van der Waals surface area contributed by atoms with Crippen LogP contribution in [0.15, 0.2) is 35.3 Å². The maximum Gasteiger partial charge on any atom is 0.285 e. The van der Waals surface area contributed by atoms with Crippen molar-refractivity contribution in [2.75, 3.05) is 32.8 Å². The molecule has 7 heteroatoms. The van der Waals surface area contributed by atoms with E-state index in [2.05, 4.69) is 22.5 Å². The number of nitrogens with zero attached hydrogens (tertiary/aromatic N) is 1. The van der Waals surface area contributed by atoms with Crippen molar-refractivity contribution in [3.63, 3.8) is 0 Å². The molecule has 0 saturated carbocycles. The molecule has 4 atom stereocenters. The van der Waals surface area contributed by atoms with Gasteiger partial charge >= 0.3 is 0 Å². The van der Waals surface area contributed by atoms with Gasteiger partial charge in [0.25, 0.3) is 5.92 Å². The molecule has 1 aromatic rings. The summed E-state index contributed by atoms with van der Waals surface area (Å²) >= 11 is 0. The van der Waals surface area contributed by atoms with Crippen LogP contribution < -0.4 is 16.4 Å². The molecule has 1 aromatic carbocycles. The average molecular weight is 395 g/mol. The number of hydrogen-bond acceptors (Lipinski definition) is 5. The molecule has 156 valence electrons. The van der Waals surface area contributed by atoms with Gasteiger partial charge in [0.05, 0.1) is 31.1 Å². The fourth-order valence-corrected chi connectivity index (χ4v) is 4.19. The molecule has 28 heavy (non-hydrogen) atoms. The Balaban J connectivity index is 1.38. The molecule has 4 N–H and O–H groups in total. The molecule has 0 spiro atoms. The van der Waals surface area contributed by atoms with Gasteiger partial charge in [0.15, 0.2) is 0 Å². The summed E-state index contributed by atoms with van der Waals surface area (Å²) in [4.78, 5) is 4.61. The first-order valence-corrected chi connectivity index (χ1v) is 10.2. The van der Waals surface area contributed by atoms with Gasteiger partial charge in [-0.1, -0.05) is 37.3 Å². The quantitative estimate of drug-likeness (QED) is 0.563. The van der Waals surface area contributed by atoms with Crippen molar-refractivity contribution in [3.8, 4) is 0 Å². The van der Waals surface area contributed by atoms with Gasteiger partial charge < -0.3 is 21.1 Å². The standard InChI is InChI=1S/C21H32F2N4O/c1-15-9-18(27-20(24)10-15)11-16-12-26-13-19(16)28-8-7-25-14-21(22,23)17-5-3-2-4-6-17/h2-6,15-16,18-19,25-26H,7-14H2,1H3,(H2,24,27)/t15?,16-,18?,19+/m1/s1. The first kappa shape index (κ1) is 21.1. The molecule has 1 fully saturated rings. The van der Waals surface area contributed by atoms with Crippen LogP contribution in [0.25, 0.3) is 0 Å². The molecule has 5 nitrogen and oxygen atoms in total. The minimum absolute atomic E-state index is 0.0324. The van der Waals surface area contributed by atoms with E-state index in [1.807, 2.05) is 0 Å². The maximum absolute atomic E-state index is 14.1. The van der Waals surface area contributed by atoms with Crippen molar-refractivity contribution in [2.45, 2.75) is 44.3 Å². The minimum atomic E-state index is -2.88. The van der Waals surface area contributed by atoms with E-state index in [1.54, 1.807) is 18.2 Å². The van der Waals surface area contributed by atoms with Gasteiger partial charge in [0.1, 0.15) is 0 Å². The fraction of sp³-hybridized carbons (Fsp3) is 0.667. The number of nitrogens with two attached hydrogens (primary N) is 1. The average Bonchev–Trinajstić information content (AvgIpc) is 3.08. The Kier molecular flexibility index (Phi) is 7.37. The molecular weight excluding hydrogens is 362 g/mol. The van der Waals surface area contributed by atoms with Crippen molar-refractivity contribution >= 4 is 5.84 Å². The molecule has 0 amide bonds. The van der Waals surface area contributed by atoms with Crippen LogP contribution >= 0.6 is 0 Å². The summed E-state index contributed by atoms with van der Waals surface area (Å²) in [7, 11) is 0. The van der Waals surface area contributed by atoms with Gasteiger partial charge in [-0.05, 0) is 18.8 Å². The summed E-state index contributed by atoms with van der Waals surface area (Å²) in [6, 6.07) is 8.17. The lowest BCUT2D eigenvalue weighted by Crippen LogP contribution is -2.35. The third-order valence-electron chi connectivity index (χ3n) is 5.59. The van der Waals surface area contributed by atoms with Crippen LogP contribution in [0, 0.1) is 11.8 Å². The number of ether oxygens (including phenoxy) is 1. The van der Waals surface area contributed by atoms with E-state index in [0.717, 1.165) is 38.2 Å². The summed E-state index contributed by atoms with van der Waals surface area (Å²) in [6.07, 6.45) is 3.02. The molecule has 0 aromatic heterocycles. The molecule has 0 aliphatic carbocycles. The number of rotatable bonds is 9. The van der Waals surface area contributed by atoms with E-state index in [1.165, 1.54) is 12.1 Å². The van der Waals surface area contributed by atoms with Gasteiger partial charge in [0.2, 0.25) is 0 Å². The largest absolute Gasteiger partial charge is 0.387 e. The normalized spacial score (nSPS) is 28.3. The van der Waals surface area contributed by atoms with Crippen molar-refractivity contribution < 1.29 is 13.5 Å². The first-order chi connectivity index (χ1) is 13.4. The minimum Gasteiger partial charge on any atom is -0.387 e. The van der Waals surface area contributed by atoms with Crippen molar-refractivity contribution in [1.29, 1.82) is 0 Å². The van der Waals surface area contributed by atoms with E-state index >= 15 is 0 Å². The van der Waals surface area contributed by atoms with Gasteiger partial charge in [-0.25, -0.2) is 0 Å². The van der Waals surface area contributed by atoms with Gasteiger partial charge in [-0.2, -0.15) is 8.78 Å². The van der Waals surface area contributed by atoms with Gasteiger partial charge in [-0.3, -0.25) is 4.99 Å². The second-order valence-corrected chi connectivity index (χ2v) is 8.13. The number of nitrogens with one attached hydrogen (secondary N) is 2. The van der Waals surface area contributed by atoms with Crippen molar-refractivity contribution in [3.05, 3.63) is 35.9 Å². The predicted octanol–water partition coefficient (Wildman–Crippen LogP) is 2.52. The Hall–Kier alpha value is -1.57. The number of halogens is 2. The van der Waals surface area contributed by atoms with E-state index in [0.29, 0.717) is 25.0 Å². The predicted molar refractivity (Wildman–Crippen MR) is 108 cm³/mol. The highest BCUT2D eigenvalue weighted by Gasteiger charge is 2.32. The van der Waals surface area contributed by atoms with Gasteiger partial charge in [0, 0.05) is 37.5 Å². The highest BCUT2D eigenvalue weighted by atomic mass is 19.3. The highest BCUT2D eigenvalue weighted by molar-refractivity contribution is 5.81. The zero-order chi connectivity index (χ0) is 20.0. The number of amidine groups is 1. The van der Waals surface area contributed by atoms with Crippen LogP contribution in [-0.2, 0) is 10.7 Å². The summed E-state index contributed by atoms with van der Waals surface area (Å²) in [5.41, 5.74) is 5.98. The van der Waals surface area contributed by atoms with Gasteiger partial charge in [-0.15, -0.1) is 0 Å². The lowest BCUT2D eigenvalue weighted by molar-refractivity contribution is -0.00837. The van der Waals surface area contributed by atoms with E-state index < -0.39 is 5.92 Å². The Bertz CT molecular complexity index is 641. The number of benzene rings is 1. The second-order valence-electron chi connectivity index (χ2n) is 8.13. The molecular formula is C21H32F2N4O. The smallest absolute Gasteiger partial charge is 0.285 e. The Morgan fingerprint density at radius 2 is 2.07 bits per heavy atom. The summed E-state index contributed by atoms with van der Waals surface area (Å²) < 4.78 is 34.2. The topological polar surface area (TPSA) is 71.7 Å². The fourth-order valence-electron chi connectivity index (χ4n) is 4.19. The van der Waals surface area contributed by atoms with E-state index in [9.17, 15) is 8.78 Å². The number of hydrogen-bond donors (Lipinski definition) is 3. The Labute approximate surface area is 166 Å². The van der Waals surface area contributed by atoms with Crippen molar-refractivity contribution in [1.82, 2.24) is 10.6 Å². The first-order valence-electron chi connectivity index (χ1n) is 10.2. The SMILES string of the molecule is CC1CC(N)=NC(C[C@@H]2CNC[C@@H]2OCCNCC(F)(F)c2ccccc2)C1. The molecule has 0 bridgehead atoms. The molecule has 3 rings (SSSR count). The second kappa shape index (κ2) is 9.76. The lowest BCUT2D eigenvalue weighted by atomic mass is 9.88. The van der Waals surface area contributed by atoms with Crippen LogP contribution in [0.4, 0.5) is 8.78 Å². The van der Waals surface area contributed by atoms with Crippen LogP contribution in [0.5, 0.6) is 0 Å². The Morgan fingerprint density at radius 3 is 2.82 bits per heavy atom. The lowest BCUT2D eigenvalue weighted by Gasteiger charge is -2.27. The van der Waals surface area contributed by atoms with Crippen molar-refractivity contribution in [2.24, 2.45) is 22.6 Å². The molecule has 2 heterocycles. The molecule has 2 unspecified atom stereocenters. The zero-order valence-corrected chi connectivity index (χ0v) is 16.5. The van der Waals surface area contributed by atoms with Crippen LogP contribution in [0.3, 0.4) is 0 Å². The zero-order valence-electron chi connectivity index (χ0n) is 16.5. The summed E-state index contributed by atoms with van der Waals surface area (Å²) in [5, 5.41) is 6.20. The highest BCUT2D eigenvalue weighted by Crippen LogP contribution is 2.28. The third-order valence-corrected chi connectivity index (χ3v) is 5.59. The van der Waals surface area contributed by atoms with E-state index in [4.69, 9.17) is 10.5 Å². The number of aliphatic imine (C=N–C) groups is 1. The molecule has 2 aliphatic rings. The van der Waals surface area contributed by atoms with Crippen LogP contribution in [-0.4, -0.2) is 50.8 Å². The van der Waals surface area contributed by atoms with Crippen LogP contribution in [0.2, 0.25) is 0 Å². The summed E-state index contributed by atoms with van der Waals surface area (Å²) in [5.74, 6) is -1.16. The summed E-state index contributed by atoms with van der Waals surface area (Å²) in [6.45, 7) is 4.35. The monoisotopic (exact) mass is 394 g/mol. The van der Waals surface area contributed by atoms with E-state index in [-0.39, 0.29) is 24.3 Å². The number of alkyl halides is 2. The van der Waals surface area contributed by atoms with Crippen LogP contribution in [0.1, 0.15) is 31.7 Å². The molecule has 1 saturated heterocycles. The Morgan fingerprint density at radius 1 is 1.29 bits per heavy atom. The third kappa shape index (κ3) is 5.96. The molecule has 0 radical (unpaired) electrons.